The van der Waals surface area contributed by atoms with Crippen molar-refractivity contribution in [3.05, 3.63) is 30.3 Å². The highest BCUT2D eigenvalue weighted by Gasteiger charge is 2.24. The van der Waals surface area contributed by atoms with E-state index in [1.165, 1.54) is 32.1 Å². The maximum absolute atomic E-state index is 12.1. The predicted molar refractivity (Wildman–Crippen MR) is 80.0 cm³/mol. The van der Waals surface area contributed by atoms with Gasteiger partial charge in [0.15, 0.2) is 0 Å². The third-order valence-electron chi connectivity index (χ3n) is 4.35. The lowest BCUT2D eigenvalue weighted by atomic mass is 9.77. The van der Waals surface area contributed by atoms with Gasteiger partial charge in [0.2, 0.25) is 5.91 Å². The maximum atomic E-state index is 12.1. The molecule has 1 fully saturated rings. The van der Waals surface area contributed by atoms with Crippen LogP contribution in [0.25, 0.3) is 0 Å². The van der Waals surface area contributed by atoms with E-state index in [0.29, 0.717) is 12.3 Å². The summed E-state index contributed by atoms with van der Waals surface area (Å²) in [5.41, 5.74) is 0.908. The van der Waals surface area contributed by atoms with Gasteiger partial charge < -0.3 is 5.32 Å². The molecule has 0 spiro atoms. The molecule has 1 aliphatic carbocycles. The monoisotopic (exact) mass is 259 g/mol. The summed E-state index contributed by atoms with van der Waals surface area (Å²) in [6.45, 7) is 2.22. The average Bonchev–Trinajstić information content (AvgIpc) is 2.47. The number of amides is 1. The number of para-hydroxylation sites is 1. The Morgan fingerprint density at radius 3 is 2.53 bits per heavy atom. The summed E-state index contributed by atoms with van der Waals surface area (Å²) in [5.74, 6) is 1.49. The second-order valence-corrected chi connectivity index (χ2v) is 5.68. The molecule has 0 aliphatic heterocycles. The summed E-state index contributed by atoms with van der Waals surface area (Å²) in [4.78, 5) is 12.1. The highest BCUT2D eigenvalue weighted by molar-refractivity contribution is 5.90. The van der Waals surface area contributed by atoms with E-state index >= 15 is 0 Å². The lowest BCUT2D eigenvalue weighted by Crippen LogP contribution is -2.23. The SMILES string of the molecule is CCC(CC(=O)Nc1ccccc1)C1CCCCC1. The Hall–Kier alpha value is -1.31. The molecule has 1 N–H and O–H groups in total. The fourth-order valence-corrected chi connectivity index (χ4v) is 3.22. The predicted octanol–water partition coefficient (Wildman–Crippen LogP) is 4.62. The van der Waals surface area contributed by atoms with Crippen LogP contribution in [0.15, 0.2) is 30.3 Å². The first-order chi connectivity index (χ1) is 9.29. The average molecular weight is 259 g/mol. The number of anilines is 1. The van der Waals surface area contributed by atoms with Crippen molar-refractivity contribution in [1.82, 2.24) is 0 Å². The standard InChI is InChI=1S/C17H25NO/c1-2-14(15-9-5-3-6-10-15)13-17(19)18-16-11-7-4-8-12-16/h4,7-8,11-12,14-15H,2-3,5-6,9-10,13H2,1H3,(H,18,19). The van der Waals surface area contributed by atoms with Crippen molar-refractivity contribution in [2.24, 2.45) is 11.8 Å². The van der Waals surface area contributed by atoms with Crippen LogP contribution in [0.2, 0.25) is 0 Å². The molecule has 1 amide bonds. The second-order valence-electron chi connectivity index (χ2n) is 5.68. The van der Waals surface area contributed by atoms with Crippen LogP contribution >= 0.6 is 0 Å². The Morgan fingerprint density at radius 1 is 1.21 bits per heavy atom. The first kappa shape index (κ1) is 14.1. The minimum absolute atomic E-state index is 0.170. The van der Waals surface area contributed by atoms with E-state index in [4.69, 9.17) is 0 Å². The molecule has 1 saturated carbocycles. The lowest BCUT2D eigenvalue weighted by Gasteiger charge is -2.29. The quantitative estimate of drug-likeness (QED) is 0.821. The molecule has 1 aliphatic rings. The zero-order valence-corrected chi connectivity index (χ0v) is 11.9. The van der Waals surface area contributed by atoms with E-state index < -0.39 is 0 Å². The molecule has 104 valence electrons. The number of rotatable bonds is 5. The molecule has 0 aromatic heterocycles. The third kappa shape index (κ3) is 4.38. The van der Waals surface area contributed by atoms with Crippen LogP contribution in [0.4, 0.5) is 5.69 Å². The molecule has 1 atom stereocenters. The molecular formula is C17H25NO. The van der Waals surface area contributed by atoms with Gasteiger partial charge in [-0.05, 0) is 24.0 Å². The Balaban J connectivity index is 1.85. The summed E-state index contributed by atoms with van der Waals surface area (Å²) in [6.07, 6.45) is 8.50. The van der Waals surface area contributed by atoms with Crippen molar-refractivity contribution in [2.45, 2.75) is 51.9 Å². The van der Waals surface area contributed by atoms with Crippen molar-refractivity contribution >= 4 is 11.6 Å². The van der Waals surface area contributed by atoms with Crippen LogP contribution in [0.3, 0.4) is 0 Å². The molecule has 1 unspecified atom stereocenters. The summed E-state index contributed by atoms with van der Waals surface area (Å²) in [7, 11) is 0. The molecule has 1 aromatic carbocycles. The molecule has 2 rings (SSSR count). The van der Waals surface area contributed by atoms with Crippen LogP contribution in [0.5, 0.6) is 0 Å². The first-order valence-corrected chi connectivity index (χ1v) is 7.64. The summed E-state index contributed by atoms with van der Waals surface area (Å²) >= 11 is 0. The Labute approximate surface area is 116 Å². The minimum atomic E-state index is 0.170. The molecule has 0 radical (unpaired) electrons. The normalized spacial score (nSPS) is 17.9. The van der Waals surface area contributed by atoms with Crippen molar-refractivity contribution in [1.29, 1.82) is 0 Å². The summed E-state index contributed by atoms with van der Waals surface area (Å²) in [5, 5.41) is 3.01. The van der Waals surface area contributed by atoms with Gasteiger partial charge in [-0.15, -0.1) is 0 Å². The molecule has 1 aromatic rings. The van der Waals surface area contributed by atoms with Gasteiger partial charge >= 0.3 is 0 Å². The van der Waals surface area contributed by atoms with Gasteiger partial charge in [0, 0.05) is 12.1 Å². The van der Waals surface area contributed by atoms with Gasteiger partial charge in [-0.25, -0.2) is 0 Å². The van der Waals surface area contributed by atoms with E-state index in [-0.39, 0.29) is 5.91 Å². The largest absolute Gasteiger partial charge is 0.326 e. The molecule has 0 heterocycles. The number of carbonyl (C=O) groups excluding carboxylic acids is 1. The van der Waals surface area contributed by atoms with Crippen LogP contribution in [0.1, 0.15) is 51.9 Å². The van der Waals surface area contributed by atoms with E-state index in [0.717, 1.165) is 18.0 Å². The number of hydrogen-bond donors (Lipinski definition) is 1. The zero-order valence-electron chi connectivity index (χ0n) is 11.9. The topological polar surface area (TPSA) is 29.1 Å². The van der Waals surface area contributed by atoms with E-state index in [1.807, 2.05) is 30.3 Å². The first-order valence-electron chi connectivity index (χ1n) is 7.64. The van der Waals surface area contributed by atoms with Gasteiger partial charge in [0.1, 0.15) is 0 Å². The molecule has 2 nitrogen and oxygen atoms in total. The second kappa shape index (κ2) is 7.32. The zero-order chi connectivity index (χ0) is 13.5. The van der Waals surface area contributed by atoms with Crippen molar-refractivity contribution in [3.8, 4) is 0 Å². The van der Waals surface area contributed by atoms with Gasteiger partial charge in [-0.1, -0.05) is 63.6 Å². The Bertz CT molecular complexity index is 382. The summed E-state index contributed by atoms with van der Waals surface area (Å²) in [6, 6.07) is 9.76. The van der Waals surface area contributed by atoms with Gasteiger partial charge in [-0.3, -0.25) is 4.79 Å². The van der Waals surface area contributed by atoms with E-state index in [9.17, 15) is 4.79 Å². The fourth-order valence-electron chi connectivity index (χ4n) is 3.22. The number of hydrogen-bond acceptors (Lipinski definition) is 1. The van der Waals surface area contributed by atoms with Crippen LogP contribution in [-0.2, 0) is 4.79 Å². The highest BCUT2D eigenvalue weighted by atomic mass is 16.1. The Morgan fingerprint density at radius 2 is 1.89 bits per heavy atom. The van der Waals surface area contributed by atoms with Crippen molar-refractivity contribution in [3.63, 3.8) is 0 Å². The fraction of sp³-hybridized carbons (Fsp3) is 0.588. The van der Waals surface area contributed by atoms with Crippen molar-refractivity contribution in [2.75, 3.05) is 5.32 Å². The van der Waals surface area contributed by atoms with Crippen LogP contribution < -0.4 is 5.32 Å². The van der Waals surface area contributed by atoms with Crippen molar-refractivity contribution < 1.29 is 4.79 Å². The molecule has 19 heavy (non-hydrogen) atoms. The van der Waals surface area contributed by atoms with E-state index in [1.54, 1.807) is 0 Å². The van der Waals surface area contributed by atoms with Crippen LogP contribution in [0, 0.1) is 11.8 Å². The lowest BCUT2D eigenvalue weighted by molar-refractivity contribution is -0.117. The summed E-state index contributed by atoms with van der Waals surface area (Å²) < 4.78 is 0. The smallest absolute Gasteiger partial charge is 0.224 e. The molecular weight excluding hydrogens is 234 g/mol. The number of nitrogens with one attached hydrogen (secondary N) is 1. The number of carbonyl (C=O) groups is 1. The Kier molecular flexibility index (Phi) is 5.44. The molecule has 0 bridgehead atoms. The van der Waals surface area contributed by atoms with Gasteiger partial charge in [0.25, 0.3) is 0 Å². The molecule has 2 heteroatoms. The minimum Gasteiger partial charge on any atom is -0.326 e. The third-order valence-corrected chi connectivity index (χ3v) is 4.35. The van der Waals surface area contributed by atoms with Gasteiger partial charge in [-0.2, -0.15) is 0 Å². The van der Waals surface area contributed by atoms with E-state index in [2.05, 4.69) is 12.2 Å². The van der Waals surface area contributed by atoms with Crippen LogP contribution in [-0.4, -0.2) is 5.91 Å². The van der Waals surface area contributed by atoms with Gasteiger partial charge in [0.05, 0.1) is 0 Å². The maximum Gasteiger partial charge on any atom is 0.224 e. The molecule has 0 saturated heterocycles. The number of benzene rings is 1. The highest BCUT2D eigenvalue weighted by Crippen LogP contribution is 2.33.